The highest BCUT2D eigenvalue weighted by atomic mass is 16.3. The molecule has 16 heavy (non-hydrogen) atoms. The minimum absolute atomic E-state index is 0.0126. The zero-order valence-electron chi connectivity index (χ0n) is 11.6. The van der Waals surface area contributed by atoms with E-state index >= 15 is 0 Å². The molecule has 0 aromatic rings. The van der Waals surface area contributed by atoms with E-state index in [1.807, 2.05) is 0 Å². The van der Waals surface area contributed by atoms with Gasteiger partial charge in [0.25, 0.3) is 0 Å². The number of hydrogen-bond donors (Lipinski definition) is 2. The summed E-state index contributed by atoms with van der Waals surface area (Å²) in [7, 11) is 2.09. The molecule has 0 rings (SSSR count). The van der Waals surface area contributed by atoms with Crippen LogP contribution in [0.1, 0.15) is 40.5 Å². The lowest BCUT2D eigenvalue weighted by Gasteiger charge is -2.36. The van der Waals surface area contributed by atoms with Crippen LogP contribution in [0.5, 0.6) is 0 Å². The molecular weight excluding hydrogens is 202 g/mol. The van der Waals surface area contributed by atoms with Gasteiger partial charge in [-0.2, -0.15) is 0 Å². The van der Waals surface area contributed by atoms with Crippen molar-refractivity contribution in [2.45, 2.75) is 40.5 Å². The third kappa shape index (κ3) is 7.20. The molecule has 0 aliphatic heterocycles. The highest BCUT2D eigenvalue weighted by Gasteiger charge is 2.29. The number of aliphatic hydroxyl groups is 2. The Morgan fingerprint density at radius 3 is 2.00 bits per heavy atom. The van der Waals surface area contributed by atoms with Gasteiger partial charge in [-0.3, -0.25) is 0 Å². The lowest BCUT2D eigenvalue weighted by Crippen LogP contribution is -2.36. The lowest BCUT2D eigenvalue weighted by atomic mass is 9.75. The zero-order chi connectivity index (χ0) is 12.8. The Balaban J connectivity index is 4.12. The van der Waals surface area contributed by atoms with Crippen LogP contribution in [-0.4, -0.2) is 48.5 Å². The average Bonchev–Trinajstić information content (AvgIpc) is 2.12. The van der Waals surface area contributed by atoms with Crippen molar-refractivity contribution in [3.63, 3.8) is 0 Å². The molecule has 0 heterocycles. The summed E-state index contributed by atoms with van der Waals surface area (Å²) < 4.78 is 0. The SMILES string of the molecule is CN(CCCO)CC(C)(C)CC(C)(C)CO. The largest absolute Gasteiger partial charge is 0.396 e. The molecule has 0 aromatic heterocycles. The Labute approximate surface area is 100 Å². The highest BCUT2D eigenvalue weighted by molar-refractivity contribution is 4.80. The molecule has 0 aliphatic rings. The molecular formula is C13H29NO2. The Kier molecular flexibility index (Phi) is 6.53. The van der Waals surface area contributed by atoms with Crippen LogP contribution < -0.4 is 0 Å². The van der Waals surface area contributed by atoms with Gasteiger partial charge >= 0.3 is 0 Å². The van der Waals surface area contributed by atoms with Crippen LogP contribution in [0.2, 0.25) is 0 Å². The second-order valence-electron chi connectivity index (χ2n) is 6.48. The topological polar surface area (TPSA) is 43.7 Å². The second-order valence-corrected chi connectivity index (χ2v) is 6.48. The number of hydrogen-bond acceptors (Lipinski definition) is 3. The van der Waals surface area contributed by atoms with E-state index in [9.17, 15) is 5.11 Å². The molecule has 98 valence electrons. The average molecular weight is 231 g/mol. The summed E-state index contributed by atoms with van der Waals surface area (Å²) in [5.74, 6) is 0. The fourth-order valence-corrected chi connectivity index (χ4v) is 2.56. The van der Waals surface area contributed by atoms with Gasteiger partial charge in [0.1, 0.15) is 0 Å². The third-order valence-corrected chi connectivity index (χ3v) is 2.78. The first-order valence-corrected chi connectivity index (χ1v) is 6.13. The summed E-state index contributed by atoms with van der Waals surface area (Å²) in [5, 5.41) is 18.1. The van der Waals surface area contributed by atoms with Crippen molar-refractivity contribution < 1.29 is 10.2 Å². The summed E-state index contributed by atoms with van der Waals surface area (Å²) in [6, 6.07) is 0. The minimum Gasteiger partial charge on any atom is -0.396 e. The van der Waals surface area contributed by atoms with E-state index in [2.05, 4.69) is 39.6 Å². The van der Waals surface area contributed by atoms with Gasteiger partial charge in [0.05, 0.1) is 0 Å². The van der Waals surface area contributed by atoms with Crippen LogP contribution in [0.15, 0.2) is 0 Å². The van der Waals surface area contributed by atoms with Crippen LogP contribution in [0.25, 0.3) is 0 Å². The van der Waals surface area contributed by atoms with Crippen LogP contribution in [0.4, 0.5) is 0 Å². The summed E-state index contributed by atoms with van der Waals surface area (Å²) in [6.45, 7) is 11.1. The molecule has 0 fully saturated rings. The van der Waals surface area contributed by atoms with Gasteiger partial charge in [-0.1, -0.05) is 27.7 Å². The molecule has 0 bridgehead atoms. The van der Waals surface area contributed by atoms with Crippen LogP contribution in [0, 0.1) is 10.8 Å². The van der Waals surface area contributed by atoms with Crippen molar-refractivity contribution in [2.75, 3.05) is 33.4 Å². The highest BCUT2D eigenvalue weighted by Crippen LogP contribution is 2.33. The number of aliphatic hydroxyl groups excluding tert-OH is 2. The maximum atomic E-state index is 9.29. The van der Waals surface area contributed by atoms with Gasteiger partial charge in [0.15, 0.2) is 0 Å². The van der Waals surface area contributed by atoms with Crippen molar-refractivity contribution in [1.29, 1.82) is 0 Å². The van der Waals surface area contributed by atoms with E-state index in [1.165, 1.54) is 0 Å². The van der Waals surface area contributed by atoms with Crippen molar-refractivity contribution in [1.82, 2.24) is 4.90 Å². The molecule has 0 atom stereocenters. The smallest absolute Gasteiger partial charge is 0.0482 e. The van der Waals surface area contributed by atoms with Crippen molar-refractivity contribution in [3.8, 4) is 0 Å². The quantitative estimate of drug-likeness (QED) is 0.669. The van der Waals surface area contributed by atoms with Crippen LogP contribution >= 0.6 is 0 Å². The number of rotatable bonds is 8. The van der Waals surface area contributed by atoms with Gasteiger partial charge in [-0.15, -0.1) is 0 Å². The minimum atomic E-state index is -0.0126. The van der Waals surface area contributed by atoms with E-state index in [0.717, 1.165) is 25.9 Å². The molecule has 0 radical (unpaired) electrons. The Morgan fingerprint density at radius 1 is 1.00 bits per heavy atom. The van der Waals surface area contributed by atoms with Gasteiger partial charge in [0.2, 0.25) is 0 Å². The second kappa shape index (κ2) is 6.58. The maximum absolute atomic E-state index is 9.29. The summed E-state index contributed by atoms with van der Waals surface area (Å²) >= 11 is 0. The fraction of sp³-hybridized carbons (Fsp3) is 1.00. The Hall–Kier alpha value is -0.120. The summed E-state index contributed by atoms with van der Waals surface area (Å²) in [5.41, 5.74) is 0.178. The molecule has 0 amide bonds. The number of nitrogens with zero attached hydrogens (tertiary/aromatic N) is 1. The van der Waals surface area contributed by atoms with E-state index in [4.69, 9.17) is 5.11 Å². The van der Waals surface area contributed by atoms with E-state index in [0.29, 0.717) is 0 Å². The monoisotopic (exact) mass is 231 g/mol. The van der Waals surface area contributed by atoms with Crippen molar-refractivity contribution >= 4 is 0 Å². The van der Waals surface area contributed by atoms with E-state index in [1.54, 1.807) is 0 Å². The zero-order valence-corrected chi connectivity index (χ0v) is 11.6. The van der Waals surface area contributed by atoms with Gasteiger partial charge in [0, 0.05) is 26.3 Å². The van der Waals surface area contributed by atoms with Gasteiger partial charge in [-0.05, 0) is 30.7 Å². The summed E-state index contributed by atoms with van der Waals surface area (Å²) in [6.07, 6.45) is 1.83. The molecule has 3 nitrogen and oxygen atoms in total. The normalized spacial score (nSPS) is 13.5. The van der Waals surface area contributed by atoms with E-state index < -0.39 is 0 Å². The molecule has 0 saturated heterocycles. The van der Waals surface area contributed by atoms with Gasteiger partial charge in [-0.25, -0.2) is 0 Å². The lowest BCUT2D eigenvalue weighted by molar-refractivity contribution is 0.0819. The maximum Gasteiger partial charge on any atom is 0.0482 e. The van der Waals surface area contributed by atoms with E-state index in [-0.39, 0.29) is 24.0 Å². The molecule has 0 saturated carbocycles. The molecule has 0 aromatic carbocycles. The first-order valence-electron chi connectivity index (χ1n) is 6.13. The summed E-state index contributed by atoms with van der Waals surface area (Å²) in [4.78, 5) is 2.25. The predicted octanol–water partition coefficient (Wildman–Crippen LogP) is 1.74. The molecule has 3 heteroatoms. The Morgan fingerprint density at radius 2 is 1.56 bits per heavy atom. The standard InChI is InChI=1S/C13H29NO2/c1-12(2,9-13(3,4)11-16)10-14(5)7-6-8-15/h15-16H,6-11H2,1-5H3. The van der Waals surface area contributed by atoms with Gasteiger partial charge < -0.3 is 15.1 Å². The molecule has 0 unspecified atom stereocenters. The molecule has 0 aliphatic carbocycles. The Bertz CT molecular complexity index is 190. The van der Waals surface area contributed by atoms with Crippen LogP contribution in [-0.2, 0) is 0 Å². The third-order valence-electron chi connectivity index (χ3n) is 2.78. The first kappa shape index (κ1) is 15.9. The van der Waals surface area contributed by atoms with Crippen molar-refractivity contribution in [3.05, 3.63) is 0 Å². The first-order chi connectivity index (χ1) is 7.22. The fourth-order valence-electron chi connectivity index (χ4n) is 2.56. The van der Waals surface area contributed by atoms with Crippen LogP contribution in [0.3, 0.4) is 0 Å². The molecule has 2 N–H and O–H groups in total. The predicted molar refractivity (Wildman–Crippen MR) is 68.5 cm³/mol. The molecule has 0 spiro atoms. The van der Waals surface area contributed by atoms with Crippen molar-refractivity contribution in [2.24, 2.45) is 10.8 Å².